The number of carbonyl (C=O) groups excluding carboxylic acids is 1. The SMILES string of the molecule is CCOC(=O)N1CCC(Nc2ccnc(C)n2)CC1. The molecule has 104 valence electrons. The standard InChI is InChI=1S/C13H20N4O2/c1-3-19-13(18)17-8-5-11(6-9-17)16-12-4-7-14-10(2)15-12/h4,7,11H,3,5-6,8-9H2,1-2H3,(H,14,15,16). The number of hydrogen-bond acceptors (Lipinski definition) is 5. The number of likely N-dealkylation sites (tertiary alicyclic amines) is 1. The van der Waals surface area contributed by atoms with Crippen molar-refractivity contribution >= 4 is 11.9 Å². The molecule has 2 heterocycles. The second kappa shape index (κ2) is 6.36. The number of nitrogens with zero attached hydrogens (tertiary/aromatic N) is 3. The van der Waals surface area contributed by atoms with E-state index >= 15 is 0 Å². The van der Waals surface area contributed by atoms with Crippen molar-refractivity contribution in [1.29, 1.82) is 0 Å². The highest BCUT2D eigenvalue weighted by atomic mass is 16.6. The lowest BCUT2D eigenvalue weighted by atomic mass is 10.1. The number of nitrogens with one attached hydrogen (secondary N) is 1. The topological polar surface area (TPSA) is 67.3 Å². The molecule has 19 heavy (non-hydrogen) atoms. The van der Waals surface area contributed by atoms with Crippen LogP contribution in [0.15, 0.2) is 12.3 Å². The summed E-state index contributed by atoms with van der Waals surface area (Å²) in [6.45, 7) is 5.57. The molecular formula is C13H20N4O2. The summed E-state index contributed by atoms with van der Waals surface area (Å²) in [4.78, 5) is 21.7. The van der Waals surface area contributed by atoms with E-state index in [0.717, 1.165) is 37.6 Å². The average molecular weight is 264 g/mol. The van der Waals surface area contributed by atoms with Crippen molar-refractivity contribution in [2.75, 3.05) is 25.0 Å². The molecule has 1 aromatic rings. The monoisotopic (exact) mass is 264 g/mol. The molecule has 1 amide bonds. The third-order valence-electron chi connectivity index (χ3n) is 3.15. The molecule has 2 rings (SSSR count). The van der Waals surface area contributed by atoms with Crippen LogP contribution < -0.4 is 5.32 Å². The van der Waals surface area contributed by atoms with Crippen molar-refractivity contribution in [2.24, 2.45) is 0 Å². The zero-order chi connectivity index (χ0) is 13.7. The maximum absolute atomic E-state index is 11.6. The van der Waals surface area contributed by atoms with Gasteiger partial charge in [0.15, 0.2) is 0 Å². The molecule has 0 aliphatic carbocycles. The van der Waals surface area contributed by atoms with Crippen LogP contribution in [0.3, 0.4) is 0 Å². The van der Waals surface area contributed by atoms with Gasteiger partial charge in [-0.05, 0) is 32.8 Å². The number of anilines is 1. The van der Waals surface area contributed by atoms with E-state index in [1.54, 1.807) is 11.1 Å². The van der Waals surface area contributed by atoms with Gasteiger partial charge < -0.3 is 15.0 Å². The van der Waals surface area contributed by atoms with Crippen LogP contribution >= 0.6 is 0 Å². The van der Waals surface area contributed by atoms with Gasteiger partial charge in [-0.1, -0.05) is 0 Å². The summed E-state index contributed by atoms with van der Waals surface area (Å²) in [5.74, 6) is 1.61. The molecule has 0 aromatic carbocycles. The van der Waals surface area contributed by atoms with Crippen molar-refractivity contribution in [3.8, 4) is 0 Å². The number of ether oxygens (including phenoxy) is 1. The Morgan fingerprint density at radius 3 is 2.89 bits per heavy atom. The fourth-order valence-corrected chi connectivity index (χ4v) is 2.17. The fourth-order valence-electron chi connectivity index (χ4n) is 2.17. The number of hydrogen-bond donors (Lipinski definition) is 1. The van der Waals surface area contributed by atoms with Gasteiger partial charge in [-0.15, -0.1) is 0 Å². The number of amides is 1. The Hall–Kier alpha value is -1.85. The Bertz CT molecular complexity index is 430. The normalized spacial score (nSPS) is 16.2. The van der Waals surface area contributed by atoms with Gasteiger partial charge in [-0.2, -0.15) is 0 Å². The summed E-state index contributed by atoms with van der Waals surface area (Å²) in [5, 5.41) is 3.38. The summed E-state index contributed by atoms with van der Waals surface area (Å²) >= 11 is 0. The van der Waals surface area contributed by atoms with Gasteiger partial charge in [-0.3, -0.25) is 0 Å². The van der Waals surface area contributed by atoms with Crippen LogP contribution in [0.25, 0.3) is 0 Å². The molecule has 1 aliphatic heterocycles. The second-order valence-electron chi connectivity index (χ2n) is 4.59. The lowest BCUT2D eigenvalue weighted by Crippen LogP contribution is -2.42. The van der Waals surface area contributed by atoms with Crippen LogP contribution in [0.5, 0.6) is 0 Å². The summed E-state index contributed by atoms with van der Waals surface area (Å²) < 4.78 is 5.00. The molecule has 1 fully saturated rings. The summed E-state index contributed by atoms with van der Waals surface area (Å²) in [6.07, 6.45) is 3.35. The molecule has 0 spiro atoms. The van der Waals surface area contributed by atoms with Crippen molar-refractivity contribution < 1.29 is 9.53 Å². The van der Waals surface area contributed by atoms with E-state index in [9.17, 15) is 4.79 Å². The van der Waals surface area contributed by atoms with Crippen molar-refractivity contribution in [2.45, 2.75) is 32.7 Å². The van der Waals surface area contributed by atoms with E-state index in [2.05, 4.69) is 15.3 Å². The van der Waals surface area contributed by atoms with Gasteiger partial charge in [-0.25, -0.2) is 14.8 Å². The van der Waals surface area contributed by atoms with E-state index in [-0.39, 0.29) is 6.09 Å². The number of aryl methyl sites for hydroxylation is 1. The fraction of sp³-hybridized carbons (Fsp3) is 0.615. The Labute approximate surface area is 113 Å². The molecular weight excluding hydrogens is 244 g/mol. The molecule has 1 N–H and O–H groups in total. The lowest BCUT2D eigenvalue weighted by molar-refractivity contribution is 0.0983. The quantitative estimate of drug-likeness (QED) is 0.902. The molecule has 0 atom stereocenters. The zero-order valence-electron chi connectivity index (χ0n) is 11.4. The second-order valence-corrected chi connectivity index (χ2v) is 4.59. The van der Waals surface area contributed by atoms with E-state index in [1.165, 1.54) is 0 Å². The van der Waals surface area contributed by atoms with Crippen LogP contribution in [-0.4, -0.2) is 46.7 Å². The van der Waals surface area contributed by atoms with E-state index in [0.29, 0.717) is 12.6 Å². The molecule has 1 aliphatic rings. The van der Waals surface area contributed by atoms with Crippen LogP contribution in [0.4, 0.5) is 10.6 Å². The number of rotatable bonds is 3. The van der Waals surface area contributed by atoms with Gasteiger partial charge in [0, 0.05) is 25.3 Å². The van der Waals surface area contributed by atoms with Crippen LogP contribution in [0.2, 0.25) is 0 Å². The van der Waals surface area contributed by atoms with Gasteiger partial charge in [0.2, 0.25) is 0 Å². The molecule has 1 saturated heterocycles. The minimum Gasteiger partial charge on any atom is -0.450 e. The first-order valence-electron chi connectivity index (χ1n) is 6.67. The Balaban J connectivity index is 1.82. The van der Waals surface area contributed by atoms with Crippen LogP contribution in [0.1, 0.15) is 25.6 Å². The highest BCUT2D eigenvalue weighted by molar-refractivity contribution is 5.67. The summed E-state index contributed by atoms with van der Waals surface area (Å²) in [5.41, 5.74) is 0. The molecule has 1 aromatic heterocycles. The maximum Gasteiger partial charge on any atom is 0.409 e. The largest absolute Gasteiger partial charge is 0.450 e. The summed E-state index contributed by atoms with van der Waals surface area (Å²) in [7, 11) is 0. The molecule has 0 radical (unpaired) electrons. The number of aromatic nitrogens is 2. The Kier molecular flexibility index (Phi) is 4.54. The third kappa shape index (κ3) is 3.81. The molecule has 0 bridgehead atoms. The average Bonchev–Trinajstić information content (AvgIpc) is 2.40. The van der Waals surface area contributed by atoms with E-state index in [4.69, 9.17) is 4.74 Å². The molecule has 6 nitrogen and oxygen atoms in total. The Morgan fingerprint density at radius 1 is 1.53 bits per heavy atom. The molecule has 0 unspecified atom stereocenters. The minimum atomic E-state index is -0.209. The first-order chi connectivity index (χ1) is 9.19. The highest BCUT2D eigenvalue weighted by Gasteiger charge is 2.23. The van der Waals surface area contributed by atoms with Crippen LogP contribution in [0, 0.1) is 6.92 Å². The third-order valence-corrected chi connectivity index (χ3v) is 3.15. The highest BCUT2D eigenvalue weighted by Crippen LogP contribution is 2.15. The smallest absolute Gasteiger partial charge is 0.409 e. The lowest BCUT2D eigenvalue weighted by Gasteiger charge is -2.31. The number of carbonyl (C=O) groups is 1. The summed E-state index contributed by atoms with van der Waals surface area (Å²) in [6, 6.07) is 2.21. The molecule has 6 heteroatoms. The Morgan fingerprint density at radius 2 is 2.26 bits per heavy atom. The van der Waals surface area contributed by atoms with Crippen LogP contribution in [-0.2, 0) is 4.74 Å². The van der Waals surface area contributed by atoms with Gasteiger partial charge >= 0.3 is 6.09 Å². The first-order valence-corrected chi connectivity index (χ1v) is 6.67. The van der Waals surface area contributed by atoms with Crippen molar-refractivity contribution in [3.63, 3.8) is 0 Å². The predicted molar refractivity (Wildman–Crippen MR) is 72.0 cm³/mol. The maximum atomic E-state index is 11.6. The van der Waals surface area contributed by atoms with E-state index in [1.807, 2.05) is 19.9 Å². The van der Waals surface area contributed by atoms with E-state index < -0.39 is 0 Å². The van der Waals surface area contributed by atoms with Gasteiger partial charge in [0.25, 0.3) is 0 Å². The minimum absolute atomic E-state index is 0.209. The zero-order valence-corrected chi connectivity index (χ0v) is 11.4. The number of piperidine rings is 1. The predicted octanol–water partition coefficient (Wildman–Crippen LogP) is 1.82. The molecule has 0 saturated carbocycles. The van der Waals surface area contributed by atoms with Gasteiger partial charge in [0.1, 0.15) is 11.6 Å². The van der Waals surface area contributed by atoms with Crippen molar-refractivity contribution in [3.05, 3.63) is 18.1 Å². The van der Waals surface area contributed by atoms with Gasteiger partial charge in [0.05, 0.1) is 6.61 Å². The first kappa shape index (κ1) is 13.6. The van der Waals surface area contributed by atoms with Crippen molar-refractivity contribution in [1.82, 2.24) is 14.9 Å².